The van der Waals surface area contributed by atoms with Crippen LogP contribution in [0.5, 0.6) is 5.75 Å². The zero-order valence-electron chi connectivity index (χ0n) is 19.2. The number of nitrogen functional groups attached to an aromatic ring is 1. The Morgan fingerprint density at radius 2 is 1.29 bits per heavy atom. The monoisotopic (exact) mass is 540 g/mol. The van der Waals surface area contributed by atoms with Crippen molar-refractivity contribution in [1.82, 2.24) is 0 Å². The number of ether oxygens (including phenoxy) is 2. The van der Waals surface area contributed by atoms with E-state index in [-0.39, 0.29) is 0 Å². The Morgan fingerprint density at radius 3 is 1.79 bits per heavy atom. The van der Waals surface area contributed by atoms with Gasteiger partial charge in [0.25, 0.3) is 0 Å². The fourth-order valence-corrected chi connectivity index (χ4v) is 4.60. The summed E-state index contributed by atoms with van der Waals surface area (Å²) in [5, 5.41) is 2.32. The molecule has 0 atom stereocenters. The third-order valence-electron chi connectivity index (χ3n) is 4.89. The van der Waals surface area contributed by atoms with Crippen LogP contribution in [-0.4, -0.2) is 19.8 Å². The molecule has 3 rings (SSSR count). The Hall–Kier alpha value is -1.82. The number of rotatable bonds is 11. The van der Waals surface area contributed by atoms with Crippen LogP contribution in [0.3, 0.4) is 0 Å². The van der Waals surface area contributed by atoms with Crippen molar-refractivity contribution < 1.29 is 9.47 Å². The van der Waals surface area contributed by atoms with E-state index in [0.717, 1.165) is 16.8 Å². The van der Waals surface area contributed by atoms with Gasteiger partial charge in [-0.25, -0.2) is 0 Å². The van der Waals surface area contributed by atoms with Gasteiger partial charge in [0.1, 0.15) is 12.4 Å². The number of benzene rings is 3. The van der Waals surface area contributed by atoms with Crippen LogP contribution in [0.15, 0.2) is 54.6 Å². The minimum absolute atomic E-state index is 0.411. The molecule has 0 radical (unpaired) electrons. The maximum atomic E-state index is 6.24. The lowest BCUT2D eigenvalue weighted by molar-refractivity contribution is 0.0821. The first-order valence-corrected chi connectivity index (χ1v) is 12.5. The second-order valence-electron chi connectivity index (χ2n) is 8.45. The molecule has 0 fully saturated rings. The fourth-order valence-electron chi connectivity index (χ4n) is 3.46. The van der Waals surface area contributed by atoms with E-state index in [4.69, 9.17) is 61.6 Å². The van der Waals surface area contributed by atoms with Crippen LogP contribution in [0, 0.1) is 5.92 Å². The lowest BCUT2D eigenvalue weighted by Gasteiger charge is -2.26. The Morgan fingerprint density at radius 1 is 0.765 bits per heavy atom. The second-order valence-corrected chi connectivity index (χ2v) is 10.2. The lowest BCUT2D eigenvalue weighted by atomic mass is 10.1. The molecule has 4 nitrogen and oxygen atoms in total. The summed E-state index contributed by atoms with van der Waals surface area (Å²) >= 11 is 25.0. The summed E-state index contributed by atoms with van der Waals surface area (Å²) in [6, 6.07) is 16.7. The summed E-state index contributed by atoms with van der Waals surface area (Å²) in [4.78, 5) is 2.16. The van der Waals surface area contributed by atoms with Gasteiger partial charge < -0.3 is 20.1 Å². The van der Waals surface area contributed by atoms with Gasteiger partial charge in [-0.2, -0.15) is 0 Å². The van der Waals surface area contributed by atoms with E-state index in [2.05, 4.69) is 18.7 Å². The highest BCUT2D eigenvalue weighted by Gasteiger charge is 2.14. The molecular formula is C26H28Cl4N2O2. The molecule has 0 heterocycles. The molecule has 0 bridgehead atoms. The minimum Gasteiger partial charge on any atom is -0.489 e. The molecule has 0 aliphatic heterocycles. The molecule has 3 aromatic carbocycles. The summed E-state index contributed by atoms with van der Waals surface area (Å²) in [7, 11) is 0. The van der Waals surface area contributed by atoms with Crippen molar-refractivity contribution in [2.75, 3.05) is 30.5 Å². The summed E-state index contributed by atoms with van der Waals surface area (Å²) in [5.74, 6) is 1.07. The van der Waals surface area contributed by atoms with E-state index >= 15 is 0 Å². The molecule has 0 aliphatic carbocycles. The van der Waals surface area contributed by atoms with Crippen molar-refractivity contribution in [3.05, 3.63) is 85.8 Å². The van der Waals surface area contributed by atoms with Crippen molar-refractivity contribution >= 4 is 57.8 Å². The molecule has 0 aromatic heterocycles. The molecule has 0 spiro atoms. The Labute approximate surface area is 221 Å². The van der Waals surface area contributed by atoms with E-state index < -0.39 is 0 Å². The summed E-state index contributed by atoms with van der Waals surface area (Å²) in [6.45, 7) is 6.91. The van der Waals surface area contributed by atoms with Crippen LogP contribution in [-0.2, 0) is 17.8 Å². The van der Waals surface area contributed by atoms with E-state index in [1.54, 1.807) is 12.1 Å². The van der Waals surface area contributed by atoms with Crippen molar-refractivity contribution in [3.8, 4) is 5.75 Å². The first-order valence-electron chi connectivity index (χ1n) is 10.9. The van der Waals surface area contributed by atoms with Crippen LogP contribution in [0.4, 0.5) is 11.4 Å². The van der Waals surface area contributed by atoms with Crippen molar-refractivity contribution in [1.29, 1.82) is 0 Å². The molecule has 8 heteroatoms. The zero-order valence-corrected chi connectivity index (χ0v) is 22.2. The van der Waals surface area contributed by atoms with E-state index in [9.17, 15) is 0 Å². The molecule has 0 unspecified atom stereocenters. The largest absolute Gasteiger partial charge is 0.489 e. The number of hydrogen-bond acceptors (Lipinski definition) is 4. The molecule has 3 aromatic rings. The molecule has 0 saturated carbocycles. The molecule has 0 amide bonds. The van der Waals surface area contributed by atoms with Gasteiger partial charge in [0, 0.05) is 51.5 Å². The maximum Gasteiger partial charge on any atom is 0.144 e. The van der Waals surface area contributed by atoms with Crippen LogP contribution >= 0.6 is 46.4 Å². The van der Waals surface area contributed by atoms with Crippen LogP contribution in [0.25, 0.3) is 0 Å². The molecule has 0 saturated heterocycles. The Kier molecular flexibility index (Phi) is 10.0. The van der Waals surface area contributed by atoms with Crippen LogP contribution < -0.4 is 15.4 Å². The van der Waals surface area contributed by atoms with Crippen LogP contribution in [0.2, 0.25) is 20.1 Å². The van der Waals surface area contributed by atoms with Gasteiger partial charge >= 0.3 is 0 Å². The van der Waals surface area contributed by atoms with Gasteiger partial charge in [0.2, 0.25) is 0 Å². The zero-order chi connectivity index (χ0) is 24.7. The van der Waals surface area contributed by atoms with Gasteiger partial charge in [0.05, 0.1) is 12.3 Å². The summed E-state index contributed by atoms with van der Waals surface area (Å²) in [6.07, 6.45) is 0. The molecule has 2 N–H and O–H groups in total. The quantitative estimate of drug-likeness (QED) is 0.196. The van der Waals surface area contributed by atoms with Gasteiger partial charge in [-0.1, -0.05) is 60.3 Å². The lowest BCUT2D eigenvalue weighted by Crippen LogP contribution is -2.22. The maximum absolute atomic E-state index is 6.24. The molecule has 182 valence electrons. The van der Waals surface area contributed by atoms with Gasteiger partial charge in [0.15, 0.2) is 0 Å². The third-order valence-corrected chi connectivity index (χ3v) is 5.76. The van der Waals surface area contributed by atoms with Crippen LogP contribution in [0.1, 0.15) is 25.0 Å². The molecule has 34 heavy (non-hydrogen) atoms. The summed E-state index contributed by atoms with van der Waals surface area (Å²) in [5.41, 5.74) is 9.59. The summed E-state index contributed by atoms with van der Waals surface area (Å²) < 4.78 is 11.5. The normalized spacial score (nSPS) is 11.1. The fraction of sp³-hybridized carbons (Fsp3) is 0.308. The van der Waals surface area contributed by atoms with Gasteiger partial charge in [-0.15, -0.1) is 0 Å². The number of nitrogens with two attached hydrogens (primary N) is 1. The average molecular weight is 542 g/mol. The Balaban J connectivity index is 1.85. The predicted molar refractivity (Wildman–Crippen MR) is 145 cm³/mol. The highest BCUT2D eigenvalue weighted by molar-refractivity contribution is 6.35. The number of hydrogen-bond donors (Lipinski definition) is 1. The minimum atomic E-state index is 0.411. The molecule has 0 aliphatic rings. The molecular weight excluding hydrogens is 514 g/mol. The van der Waals surface area contributed by atoms with Crippen molar-refractivity contribution in [2.24, 2.45) is 5.92 Å². The second kappa shape index (κ2) is 12.8. The van der Waals surface area contributed by atoms with Crippen molar-refractivity contribution in [2.45, 2.75) is 26.9 Å². The Bertz CT molecular complexity index is 1010. The average Bonchev–Trinajstić information content (AvgIpc) is 2.72. The first kappa shape index (κ1) is 26.8. The van der Waals surface area contributed by atoms with E-state index in [0.29, 0.717) is 70.4 Å². The standard InChI is InChI=1S/C26H28Cl4N2O2/c1-17(2)16-33-5-6-34-26-13-24(3-4-25(26)31)32(14-18-7-20(27)11-21(28)8-18)15-19-9-22(29)12-23(30)10-19/h3-4,7-13,17H,5-6,14-16,31H2,1-2H3. The third kappa shape index (κ3) is 8.44. The number of halogens is 4. The number of anilines is 2. The van der Waals surface area contributed by atoms with Gasteiger partial charge in [-0.05, 0) is 65.6 Å². The first-order chi connectivity index (χ1) is 16.2. The topological polar surface area (TPSA) is 47.7 Å². The van der Waals surface area contributed by atoms with E-state index in [1.807, 2.05) is 42.5 Å². The predicted octanol–water partition coefficient (Wildman–Crippen LogP) is 8.14. The van der Waals surface area contributed by atoms with Gasteiger partial charge in [-0.3, -0.25) is 0 Å². The highest BCUT2D eigenvalue weighted by Crippen LogP contribution is 2.31. The SMILES string of the molecule is CC(C)COCCOc1cc(N(Cc2cc(Cl)cc(Cl)c2)Cc2cc(Cl)cc(Cl)c2)ccc1N. The smallest absolute Gasteiger partial charge is 0.144 e. The number of nitrogens with zero attached hydrogens (tertiary/aromatic N) is 1. The van der Waals surface area contributed by atoms with Crippen molar-refractivity contribution in [3.63, 3.8) is 0 Å². The highest BCUT2D eigenvalue weighted by atomic mass is 35.5. The van der Waals surface area contributed by atoms with E-state index in [1.165, 1.54) is 0 Å².